The normalized spacial score (nSPS) is 11.7. The molecular weight excluding hydrogens is 525 g/mol. The molecule has 2 N–H and O–H groups in total. The predicted octanol–water partition coefficient (Wildman–Crippen LogP) is 3.59. The van der Waals surface area contributed by atoms with Crippen molar-refractivity contribution in [2.75, 3.05) is 25.7 Å². The van der Waals surface area contributed by atoms with Crippen molar-refractivity contribution < 1.29 is 31.2 Å². The van der Waals surface area contributed by atoms with Crippen molar-refractivity contribution in [2.45, 2.75) is 24.5 Å². The zero-order valence-electron chi connectivity index (χ0n) is 20.9. The molecule has 0 aliphatic rings. The number of nitrogens with zero attached hydrogens (tertiary/aromatic N) is 2. The molecule has 0 unspecified atom stereocenters. The van der Waals surface area contributed by atoms with Crippen LogP contribution < -0.4 is 16.2 Å². The molecule has 3 amide bonds. The number of carbonyl (C=O) groups excluding carboxylic acids is 2. The van der Waals surface area contributed by atoms with E-state index in [0.717, 1.165) is 35.1 Å². The van der Waals surface area contributed by atoms with Crippen molar-refractivity contribution in [3.63, 3.8) is 0 Å². The van der Waals surface area contributed by atoms with Gasteiger partial charge < -0.3 is 15.5 Å². The number of hydrogen-bond donors (Lipinski definition) is 2. The van der Waals surface area contributed by atoms with Gasteiger partial charge in [0.2, 0.25) is 0 Å². The van der Waals surface area contributed by atoms with Gasteiger partial charge in [0.1, 0.15) is 5.56 Å². The number of hydrogen-bond acceptors (Lipinski definition) is 5. The molecule has 0 saturated carbocycles. The van der Waals surface area contributed by atoms with Gasteiger partial charge in [-0.3, -0.25) is 14.2 Å². The molecular formula is C25H25F3N4O5S. The summed E-state index contributed by atoms with van der Waals surface area (Å²) in [7, 11) is -0.471. The van der Waals surface area contributed by atoms with E-state index in [2.05, 4.69) is 10.6 Å². The van der Waals surface area contributed by atoms with E-state index in [1.807, 2.05) is 0 Å². The summed E-state index contributed by atoms with van der Waals surface area (Å²) in [5.41, 5.74) is -1.76. The highest BCUT2D eigenvalue weighted by Gasteiger charge is 2.31. The van der Waals surface area contributed by atoms with Crippen LogP contribution in [0.4, 0.5) is 23.7 Å². The van der Waals surface area contributed by atoms with Crippen LogP contribution in [0.25, 0.3) is 5.69 Å². The van der Waals surface area contributed by atoms with Crippen molar-refractivity contribution in [1.82, 2.24) is 14.8 Å². The van der Waals surface area contributed by atoms with Gasteiger partial charge in [0, 0.05) is 38.3 Å². The summed E-state index contributed by atoms with van der Waals surface area (Å²) in [6.45, 7) is 1.36. The first-order valence-electron chi connectivity index (χ1n) is 11.1. The summed E-state index contributed by atoms with van der Waals surface area (Å²) in [4.78, 5) is 40.0. The second kappa shape index (κ2) is 10.7. The van der Waals surface area contributed by atoms with Crippen LogP contribution in [0.15, 0.2) is 64.3 Å². The maximum absolute atomic E-state index is 13.4. The van der Waals surface area contributed by atoms with E-state index >= 15 is 0 Å². The van der Waals surface area contributed by atoms with Gasteiger partial charge in [-0.25, -0.2) is 13.2 Å². The third kappa shape index (κ3) is 6.40. The maximum atomic E-state index is 13.4. The Hall–Kier alpha value is -4.13. The first kappa shape index (κ1) is 28.4. The Morgan fingerprint density at radius 1 is 1.03 bits per heavy atom. The van der Waals surface area contributed by atoms with Crippen molar-refractivity contribution in [3.8, 4) is 5.69 Å². The van der Waals surface area contributed by atoms with Gasteiger partial charge in [0.25, 0.3) is 11.5 Å². The van der Waals surface area contributed by atoms with Crippen LogP contribution in [0.2, 0.25) is 0 Å². The number of amides is 3. The minimum Gasteiger partial charge on any atom is -0.348 e. The van der Waals surface area contributed by atoms with E-state index in [9.17, 15) is 36.0 Å². The first-order chi connectivity index (χ1) is 17.6. The highest BCUT2D eigenvalue weighted by molar-refractivity contribution is 7.90. The molecule has 0 fully saturated rings. The Morgan fingerprint density at radius 3 is 2.21 bits per heavy atom. The van der Waals surface area contributed by atoms with Crippen molar-refractivity contribution in [2.24, 2.45) is 0 Å². The lowest BCUT2D eigenvalue weighted by atomic mass is 10.1. The molecule has 38 heavy (non-hydrogen) atoms. The lowest BCUT2D eigenvalue weighted by Gasteiger charge is -2.19. The molecule has 3 rings (SSSR count). The number of aromatic nitrogens is 1. The molecule has 9 nitrogen and oxygen atoms in total. The van der Waals surface area contributed by atoms with Crippen LogP contribution in [0.1, 0.15) is 27.2 Å². The van der Waals surface area contributed by atoms with Crippen molar-refractivity contribution >= 4 is 27.5 Å². The summed E-state index contributed by atoms with van der Waals surface area (Å²) in [6.07, 6.45) is -3.61. The van der Waals surface area contributed by atoms with Crippen molar-refractivity contribution in [1.29, 1.82) is 0 Å². The van der Waals surface area contributed by atoms with Crippen LogP contribution in [-0.4, -0.2) is 50.2 Å². The standard InChI is InChI=1S/C25H25F3N4O5S/c1-15-21(30-24(35)31(2)3)13-20(22(33)29-14-16-8-10-19(11-9-16)38(4,36)37)23(34)32(15)18-7-5-6-17(12-18)25(26,27)28/h5-13H,14H2,1-4H3,(H,29,33)(H,30,35). The number of halogens is 3. The Balaban J connectivity index is 2.05. The van der Waals surface area contributed by atoms with Crippen LogP contribution in [0, 0.1) is 6.92 Å². The number of anilines is 1. The van der Waals surface area contributed by atoms with E-state index in [1.165, 1.54) is 56.3 Å². The highest BCUT2D eigenvalue weighted by Crippen LogP contribution is 2.31. The van der Waals surface area contributed by atoms with Crippen molar-refractivity contribution in [3.05, 3.63) is 87.3 Å². The van der Waals surface area contributed by atoms with E-state index < -0.39 is 44.6 Å². The quantitative estimate of drug-likeness (QED) is 0.487. The number of alkyl halides is 3. The van der Waals surface area contributed by atoms with E-state index in [0.29, 0.717) is 5.56 Å². The lowest BCUT2D eigenvalue weighted by molar-refractivity contribution is -0.137. The third-order valence-corrected chi connectivity index (χ3v) is 6.70. The molecule has 0 atom stereocenters. The summed E-state index contributed by atoms with van der Waals surface area (Å²) >= 11 is 0. The maximum Gasteiger partial charge on any atom is 0.416 e. The molecule has 0 saturated heterocycles. The van der Waals surface area contributed by atoms with Gasteiger partial charge in [-0.05, 0) is 48.9 Å². The fourth-order valence-corrected chi connectivity index (χ4v) is 4.11. The van der Waals surface area contributed by atoms with Gasteiger partial charge in [-0.15, -0.1) is 0 Å². The Kier molecular flexibility index (Phi) is 8.01. The zero-order valence-corrected chi connectivity index (χ0v) is 21.7. The molecule has 0 radical (unpaired) electrons. The molecule has 202 valence electrons. The lowest BCUT2D eigenvalue weighted by Crippen LogP contribution is -2.35. The van der Waals surface area contributed by atoms with E-state index in [4.69, 9.17) is 0 Å². The molecule has 13 heteroatoms. The van der Waals surface area contributed by atoms with Gasteiger partial charge in [-0.1, -0.05) is 18.2 Å². The van der Waals surface area contributed by atoms with Crippen LogP contribution >= 0.6 is 0 Å². The highest BCUT2D eigenvalue weighted by atomic mass is 32.2. The number of nitrogens with one attached hydrogen (secondary N) is 2. The Labute approximate surface area is 216 Å². The van der Waals surface area contributed by atoms with E-state index in [-0.39, 0.29) is 28.5 Å². The van der Waals surface area contributed by atoms with E-state index in [1.54, 1.807) is 0 Å². The number of benzene rings is 2. The molecule has 2 aromatic carbocycles. The van der Waals surface area contributed by atoms with Crippen LogP contribution in [-0.2, 0) is 22.6 Å². The summed E-state index contributed by atoms with van der Waals surface area (Å²) in [5, 5.41) is 5.10. The number of carbonyl (C=O) groups is 2. The summed E-state index contributed by atoms with van der Waals surface area (Å²) in [6, 6.07) is 10.4. The minimum absolute atomic E-state index is 0.0448. The topological polar surface area (TPSA) is 118 Å². The fraction of sp³-hybridized carbons (Fsp3) is 0.240. The average Bonchev–Trinajstić information content (AvgIpc) is 2.83. The number of sulfone groups is 1. The van der Waals surface area contributed by atoms with Gasteiger partial charge in [0.05, 0.1) is 16.1 Å². The average molecular weight is 551 g/mol. The van der Waals surface area contributed by atoms with Gasteiger partial charge >= 0.3 is 12.2 Å². The number of urea groups is 1. The van der Waals surface area contributed by atoms with Crippen LogP contribution in [0.5, 0.6) is 0 Å². The Bertz CT molecular complexity index is 1550. The predicted molar refractivity (Wildman–Crippen MR) is 135 cm³/mol. The summed E-state index contributed by atoms with van der Waals surface area (Å²) < 4.78 is 64.2. The monoisotopic (exact) mass is 550 g/mol. The summed E-state index contributed by atoms with van der Waals surface area (Å²) in [5.74, 6) is -0.844. The Morgan fingerprint density at radius 2 is 1.66 bits per heavy atom. The van der Waals surface area contributed by atoms with Gasteiger partial charge in [0.15, 0.2) is 9.84 Å². The largest absolute Gasteiger partial charge is 0.416 e. The number of pyridine rings is 1. The molecule has 3 aromatic rings. The molecule has 1 heterocycles. The molecule has 0 spiro atoms. The molecule has 1 aromatic heterocycles. The molecule has 0 aliphatic heterocycles. The fourth-order valence-electron chi connectivity index (χ4n) is 3.48. The molecule has 0 aliphatic carbocycles. The van der Waals surface area contributed by atoms with Crippen LogP contribution in [0.3, 0.4) is 0 Å². The first-order valence-corrected chi connectivity index (χ1v) is 13.0. The SMILES string of the molecule is Cc1c(NC(=O)N(C)C)cc(C(=O)NCc2ccc(S(C)(=O)=O)cc2)c(=O)n1-c1cccc(C(F)(F)F)c1. The zero-order chi connectivity index (χ0) is 28.4. The second-order valence-corrected chi connectivity index (χ2v) is 10.7. The van der Waals surface area contributed by atoms with Gasteiger partial charge in [-0.2, -0.15) is 13.2 Å². The second-order valence-electron chi connectivity index (χ2n) is 8.67. The third-order valence-electron chi connectivity index (χ3n) is 5.58. The smallest absolute Gasteiger partial charge is 0.348 e. The molecule has 0 bridgehead atoms. The minimum atomic E-state index is -4.67. The number of rotatable bonds is 6.